The van der Waals surface area contributed by atoms with E-state index in [-0.39, 0.29) is 0 Å². The zero-order valence-electron chi connectivity index (χ0n) is 11.5. The van der Waals surface area contributed by atoms with Crippen LogP contribution in [0, 0.1) is 11.3 Å². The van der Waals surface area contributed by atoms with Gasteiger partial charge in [0.05, 0.1) is 11.3 Å². The molecule has 2 aliphatic heterocycles. The molecule has 2 heterocycles. The Balaban J connectivity index is 1.72. The second-order valence-electron chi connectivity index (χ2n) is 5.45. The van der Waals surface area contributed by atoms with Crippen molar-refractivity contribution in [1.82, 2.24) is 10.2 Å². The third kappa shape index (κ3) is 2.83. The molecule has 0 amide bonds. The van der Waals surface area contributed by atoms with Crippen LogP contribution in [0.3, 0.4) is 0 Å². The molecule has 1 aromatic rings. The zero-order chi connectivity index (χ0) is 13.9. The van der Waals surface area contributed by atoms with Crippen LogP contribution in [0.5, 0.6) is 0 Å². The van der Waals surface area contributed by atoms with Gasteiger partial charge in [0.1, 0.15) is 6.07 Å². The number of nitrogens with one attached hydrogen (secondary N) is 1. The van der Waals surface area contributed by atoms with Crippen molar-refractivity contribution in [2.75, 3.05) is 44.2 Å². The smallest absolute Gasteiger partial charge is 0.101 e. The van der Waals surface area contributed by atoms with E-state index in [1.54, 1.807) is 0 Å². The summed E-state index contributed by atoms with van der Waals surface area (Å²) in [5, 5.41) is 12.7. The molecule has 1 aromatic carbocycles. The minimum absolute atomic E-state index is 0.632. The number of rotatable bonds is 2. The Morgan fingerprint density at radius 2 is 2.05 bits per heavy atom. The fourth-order valence-corrected chi connectivity index (χ4v) is 3.54. The van der Waals surface area contributed by atoms with Gasteiger partial charge in [0.15, 0.2) is 0 Å². The van der Waals surface area contributed by atoms with Crippen molar-refractivity contribution < 1.29 is 0 Å². The molecule has 106 valence electrons. The molecule has 0 spiro atoms. The second kappa shape index (κ2) is 6.13. The lowest BCUT2D eigenvalue weighted by Gasteiger charge is -2.32. The van der Waals surface area contributed by atoms with E-state index in [4.69, 9.17) is 0 Å². The molecular formula is C15H19BrN4. The summed E-state index contributed by atoms with van der Waals surface area (Å²) >= 11 is 3.44. The molecule has 0 saturated carbocycles. The highest BCUT2D eigenvalue weighted by atomic mass is 79.9. The van der Waals surface area contributed by atoms with Crippen LogP contribution in [-0.4, -0.2) is 50.2 Å². The Kier molecular flexibility index (Phi) is 4.25. The fraction of sp³-hybridized carbons (Fsp3) is 0.533. The van der Waals surface area contributed by atoms with Gasteiger partial charge >= 0.3 is 0 Å². The van der Waals surface area contributed by atoms with Crippen molar-refractivity contribution in [3.05, 3.63) is 28.2 Å². The minimum Gasteiger partial charge on any atom is -0.369 e. The molecule has 5 heteroatoms. The lowest BCUT2D eigenvalue weighted by molar-refractivity contribution is 0.185. The van der Waals surface area contributed by atoms with Crippen molar-refractivity contribution in [2.45, 2.75) is 12.5 Å². The van der Waals surface area contributed by atoms with E-state index in [1.807, 2.05) is 12.1 Å². The minimum atomic E-state index is 0.632. The molecule has 2 fully saturated rings. The maximum absolute atomic E-state index is 9.30. The predicted molar refractivity (Wildman–Crippen MR) is 83.9 cm³/mol. The number of hydrogen-bond donors (Lipinski definition) is 1. The highest BCUT2D eigenvalue weighted by Crippen LogP contribution is 2.28. The van der Waals surface area contributed by atoms with E-state index < -0.39 is 0 Å². The monoisotopic (exact) mass is 334 g/mol. The Morgan fingerprint density at radius 3 is 2.80 bits per heavy atom. The number of halogens is 1. The van der Waals surface area contributed by atoms with Crippen LogP contribution in [0.2, 0.25) is 0 Å². The normalized spacial score (nSPS) is 23.8. The molecule has 0 radical (unpaired) electrons. The van der Waals surface area contributed by atoms with Gasteiger partial charge in [-0.25, -0.2) is 0 Å². The Labute approximate surface area is 128 Å². The van der Waals surface area contributed by atoms with Gasteiger partial charge in [-0.3, -0.25) is 4.90 Å². The number of nitriles is 1. The number of benzene rings is 1. The highest BCUT2D eigenvalue weighted by molar-refractivity contribution is 9.10. The summed E-state index contributed by atoms with van der Waals surface area (Å²) in [6.45, 7) is 6.56. The third-order valence-electron chi connectivity index (χ3n) is 4.25. The average Bonchev–Trinajstić information content (AvgIpc) is 2.97. The maximum atomic E-state index is 9.30. The van der Waals surface area contributed by atoms with Crippen LogP contribution in [0.25, 0.3) is 0 Å². The molecule has 0 aliphatic carbocycles. The van der Waals surface area contributed by atoms with Crippen LogP contribution in [-0.2, 0) is 0 Å². The predicted octanol–water partition coefficient (Wildman–Crippen LogP) is 1.80. The molecule has 0 aromatic heterocycles. The van der Waals surface area contributed by atoms with Gasteiger partial charge in [-0.2, -0.15) is 5.26 Å². The summed E-state index contributed by atoms with van der Waals surface area (Å²) in [6, 6.07) is 8.93. The SMILES string of the molecule is N#Cc1cc(Br)ccc1N1CCC(N2CCNCC2)C1. The van der Waals surface area contributed by atoms with Gasteiger partial charge in [-0.1, -0.05) is 15.9 Å². The Morgan fingerprint density at radius 1 is 1.25 bits per heavy atom. The summed E-state index contributed by atoms with van der Waals surface area (Å²) in [5.74, 6) is 0. The van der Waals surface area contributed by atoms with Gasteiger partial charge < -0.3 is 10.2 Å². The van der Waals surface area contributed by atoms with Crippen molar-refractivity contribution in [2.24, 2.45) is 0 Å². The molecule has 4 nitrogen and oxygen atoms in total. The van der Waals surface area contributed by atoms with E-state index >= 15 is 0 Å². The van der Waals surface area contributed by atoms with Crippen LogP contribution in [0.1, 0.15) is 12.0 Å². The maximum Gasteiger partial charge on any atom is 0.101 e. The summed E-state index contributed by atoms with van der Waals surface area (Å²) in [4.78, 5) is 4.94. The van der Waals surface area contributed by atoms with Crippen LogP contribution in [0.15, 0.2) is 22.7 Å². The molecule has 3 rings (SSSR count). The first-order valence-electron chi connectivity index (χ1n) is 7.17. The van der Waals surface area contributed by atoms with Gasteiger partial charge in [0.2, 0.25) is 0 Å². The van der Waals surface area contributed by atoms with Gasteiger partial charge in [-0.05, 0) is 24.6 Å². The largest absolute Gasteiger partial charge is 0.369 e. The summed E-state index contributed by atoms with van der Waals surface area (Å²) in [5.41, 5.74) is 1.84. The molecular weight excluding hydrogens is 316 g/mol. The van der Waals surface area contributed by atoms with Gasteiger partial charge in [0, 0.05) is 49.8 Å². The number of piperazine rings is 1. The van der Waals surface area contributed by atoms with Crippen LogP contribution < -0.4 is 10.2 Å². The highest BCUT2D eigenvalue weighted by Gasteiger charge is 2.29. The molecule has 1 atom stereocenters. The topological polar surface area (TPSA) is 42.3 Å². The lowest BCUT2D eigenvalue weighted by atomic mass is 10.2. The van der Waals surface area contributed by atoms with Gasteiger partial charge in [-0.15, -0.1) is 0 Å². The number of hydrogen-bond acceptors (Lipinski definition) is 4. The molecule has 2 saturated heterocycles. The standard InChI is InChI=1S/C15H19BrN4/c16-13-1-2-15(12(9-13)10-17)20-6-3-14(11-20)19-7-4-18-5-8-19/h1-2,9,14,18H,3-8,11H2. The molecule has 0 bridgehead atoms. The number of nitrogens with zero attached hydrogens (tertiary/aromatic N) is 3. The average molecular weight is 335 g/mol. The van der Waals surface area contributed by atoms with Crippen molar-refractivity contribution in [3.63, 3.8) is 0 Å². The van der Waals surface area contributed by atoms with Crippen LogP contribution in [0.4, 0.5) is 5.69 Å². The third-order valence-corrected chi connectivity index (χ3v) is 4.74. The first-order chi connectivity index (χ1) is 9.78. The van der Waals surface area contributed by atoms with E-state index in [0.717, 1.165) is 55.0 Å². The van der Waals surface area contributed by atoms with E-state index in [2.05, 4.69) is 43.2 Å². The summed E-state index contributed by atoms with van der Waals surface area (Å²) in [6.07, 6.45) is 1.20. The fourth-order valence-electron chi connectivity index (χ4n) is 3.18. The molecule has 1 N–H and O–H groups in total. The number of anilines is 1. The summed E-state index contributed by atoms with van der Waals surface area (Å²) < 4.78 is 0.968. The van der Waals surface area contributed by atoms with Crippen molar-refractivity contribution >= 4 is 21.6 Å². The van der Waals surface area contributed by atoms with E-state index in [1.165, 1.54) is 6.42 Å². The quantitative estimate of drug-likeness (QED) is 0.895. The van der Waals surface area contributed by atoms with Crippen molar-refractivity contribution in [1.29, 1.82) is 5.26 Å². The zero-order valence-corrected chi connectivity index (χ0v) is 13.1. The Hall–Kier alpha value is -1.09. The van der Waals surface area contributed by atoms with E-state index in [0.29, 0.717) is 6.04 Å². The van der Waals surface area contributed by atoms with Crippen molar-refractivity contribution in [3.8, 4) is 6.07 Å². The lowest BCUT2D eigenvalue weighted by Crippen LogP contribution is -2.49. The van der Waals surface area contributed by atoms with Gasteiger partial charge in [0.25, 0.3) is 0 Å². The van der Waals surface area contributed by atoms with Crippen LogP contribution >= 0.6 is 15.9 Å². The summed E-state index contributed by atoms with van der Waals surface area (Å²) in [7, 11) is 0. The molecule has 2 aliphatic rings. The first kappa shape index (κ1) is 13.9. The second-order valence-corrected chi connectivity index (χ2v) is 6.36. The van der Waals surface area contributed by atoms with E-state index in [9.17, 15) is 5.26 Å². The molecule has 20 heavy (non-hydrogen) atoms. The molecule has 1 unspecified atom stereocenters. The first-order valence-corrected chi connectivity index (χ1v) is 7.96. The Bertz CT molecular complexity index is 519.